The molecule has 1 atom stereocenters. The second-order valence-electron chi connectivity index (χ2n) is 8.15. The Kier molecular flexibility index (Phi) is 29.6. The third kappa shape index (κ3) is 19.4. The molecule has 1 N–H and O–H groups in total. The largest absolute Gasteiger partial charge is 0.494 e. The van der Waals surface area contributed by atoms with Gasteiger partial charge in [0.05, 0.1) is 18.1 Å². The number of nitrogens with zero attached hydrogens (tertiary/aromatic N) is 3. The summed E-state index contributed by atoms with van der Waals surface area (Å²) in [5.74, 6) is 0.887. The molecule has 0 aliphatic heterocycles. The quantitative estimate of drug-likeness (QED) is 0.119. The number of pyridine rings is 1. The molecule has 2 amide bonds. The van der Waals surface area contributed by atoms with Crippen molar-refractivity contribution in [3.05, 3.63) is 57.8 Å². The summed E-state index contributed by atoms with van der Waals surface area (Å²) in [5.41, 5.74) is 1.52. The van der Waals surface area contributed by atoms with Gasteiger partial charge in [-0.2, -0.15) is 0 Å². The Hall–Kier alpha value is -4.68. The number of nitro groups is 1. The first-order chi connectivity index (χ1) is 21.3. The van der Waals surface area contributed by atoms with E-state index in [0.29, 0.717) is 37.5 Å². The van der Waals surface area contributed by atoms with Gasteiger partial charge >= 0.3 is 0 Å². The molecule has 0 saturated heterocycles. The summed E-state index contributed by atoms with van der Waals surface area (Å²) < 4.78 is 11.1. The van der Waals surface area contributed by atoms with Crippen LogP contribution in [0.2, 0.25) is 0 Å². The predicted octanol–water partition coefficient (Wildman–Crippen LogP) is 4.77. The molecule has 0 spiro atoms. The molecule has 246 valence electrons. The van der Waals surface area contributed by atoms with Crippen LogP contribution in [0.15, 0.2) is 36.5 Å². The lowest BCUT2D eigenvalue weighted by molar-refractivity contribution is -0.385. The normalized spacial score (nSPS) is 9.61. The van der Waals surface area contributed by atoms with E-state index in [1.807, 2.05) is 47.5 Å². The van der Waals surface area contributed by atoms with Crippen LogP contribution >= 0.6 is 0 Å². The van der Waals surface area contributed by atoms with Crippen LogP contribution < -0.4 is 14.8 Å². The van der Waals surface area contributed by atoms with E-state index in [4.69, 9.17) is 14.3 Å². The van der Waals surface area contributed by atoms with E-state index < -0.39 is 11.0 Å². The Labute approximate surface area is 260 Å². The maximum atomic E-state index is 11.2. The standard InChI is InChI=1S/C18H20N2O5.C8H14N2O3.2C2H6.CH2O/c1-14-11-17(7-5-15(14)13-21)24-9-3-2-4-10-25-18-8-6-16(12-19-18)20(22)23;1-9-8(13)7(4-3-5-11)10(2)6-12;3*1-2/h5-8,11-13H,2-4,9-10H2,1H3;5-7H,3-4H2,1-2H3,(H,9,13);2*1-2H3;1H2. The van der Waals surface area contributed by atoms with Crippen LogP contribution in [0, 0.1) is 17.0 Å². The van der Waals surface area contributed by atoms with Crippen molar-refractivity contribution in [3.63, 3.8) is 0 Å². The minimum Gasteiger partial charge on any atom is -0.494 e. The third-order valence-electron chi connectivity index (χ3n) is 5.37. The Balaban J connectivity index is -0.000000749. The van der Waals surface area contributed by atoms with Crippen LogP contribution in [0.4, 0.5) is 5.69 Å². The van der Waals surface area contributed by atoms with Crippen LogP contribution in [-0.2, 0) is 19.2 Å². The van der Waals surface area contributed by atoms with Gasteiger partial charge in [-0.1, -0.05) is 27.7 Å². The number of amides is 2. The Bertz CT molecular complexity index is 1070. The van der Waals surface area contributed by atoms with E-state index >= 15 is 0 Å². The molecular weight excluding hydrogens is 572 g/mol. The van der Waals surface area contributed by atoms with Crippen LogP contribution in [0.25, 0.3) is 0 Å². The highest BCUT2D eigenvalue weighted by Gasteiger charge is 2.20. The number of ether oxygens (including phenoxy) is 2. The minimum absolute atomic E-state index is 0.0547. The lowest BCUT2D eigenvalue weighted by Crippen LogP contribution is -2.43. The Morgan fingerprint density at radius 3 is 2.11 bits per heavy atom. The van der Waals surface area contributed by atoms with Gasteiger partial charge in [-0.15, -0.1) is 0 Å². The monoisotopic (exact) mass is 620 g/mol. The molecule has 1 heterocycles. The molecular formula is C31H48N4O9. The maximum Gasteiger partial charge on any atom is 0.287 e. The fourth-order valence-electron chi connectivity index (χ4n) is 3.17. The van der Waals surface area contributed by atoms with Crippen LogP contribution in [0.1, 0.15) is 75.7 Å². The zero-order valence-electron chi connectivity index (χ0n) is 26.9. The second kappa shape index (κ2) is 29.8. The van der Waals surface area contributed by atoms with Gasteiger partial charge in [0.25, 0.3) is 5.69 Å². The van der Waals surface area contributed by atoms with Gasteiger partial charge < -0.3 is 29.3 Å². The van der Waals surface area contributed by atoms with Crippen molar-refractivity contribution < 1.29 is 38.4 Å². The van der Waals surface area contributed by atoms with Crippen LogP contribution in [0.5, 0.6) is 11.6 Å². The first-order valence-electron chi connectivity index (χ1n) is 14.3. The van der Waals surface area contributed by atoms with Crippen molar-refractivity contribution in [1.29, 1.82) is 0 Å². The summed E-state index contributed by atoms with van der Waals surface area (Å²) in [5, 5.41) is 13.0. The molecule has 0 aliphatic carbocycles. The summed E-state index contributed by atoms with van der Waals surface area (Å²) in [4.78, 5) is 65.6. The average Bonchev–Trinajstić information content (AvgIpc) is 3.07. The fraction of sp³-hybridized carbons (Fsp3) is 0.484. The highest BCUT2D eigenvalue weighted by atomic mass is 16.6. The zero-order chi connectivity index (χ0) is 34.3. The molecule has 2 rings (SSSR count). The van der Waals surface area contributed by atoms with Gasteiger partial charge in [-0.25, -0.2) is 4.98 Å². The summed E-state index contributed by atoms with van der Waals surface area (Å²) in [6, 6.07) is 7.71. The zero-order valence-corrected chi connectivity index (χ0v) is 26.9. The number of likely N-dealkylation sites (N-methyl/N-ethyl adjacent to an activating group) is 2. The first-order valence-corrected chi connectivity index (χ1v) is 14.3. The van der Waals surface area contributed by atoms with E-state index in [2.05, 4.69) is 10.3 Å². The van der Waals surface area contributed by atoms with Crippen molar-refractivity contribution in [2.45, 2.75) is 72.8 Å². The molecule has 0 aliphatic rings. The van der Waals surface area contributed by atoms with Crippen LogP contribution in [0.3, 0.4) is 0 Å². The number of carbonyl (C=O) groups is 5. The van der Waals surface area contributed by atoms with Gasteiger partial charge in [-0.3, -0.25) is 24.5 Å². The average molecular weight is 621 g/mol. The predicted molar refractivity (Wildman–Crippen MR) is 169 cm³/mol. The fourth-order valence-corrected chi connectivity index (χ4v) is 3.17. The van der Waals surface area contributed by atoms with Crippen molar-refractivity contribution >= 4 is 37.4 Å². The highest BCUT2D eigenvalue weighted by molar-refractivity contribution is 5.83. The molecule has 0 saturated carbocycles. The molecule has 0 bridgehead atoms. The first kappa shape index (κ1) is 43.8. The Morgan fingerprint density at radius 1 is 1.05 bits per heavy atom. The smallest absolute Gasteiger partial charge is 0.287 e. The number of aldehydes is 2. The van der Waals surface area contributed by atoms with E-state index in [-0.39, 0.29) is 18.0 Å². The molecule has 0 radical (unpaired) electrons. The summed E-state index contributed by atoms with van der Waals surface area (Å²) in [6.07, 6.45) is 6.60. The molecule has 44 heavy (non-hydrogen) atoms. The van der Waals surface area contributed by atoms with Gasteiger partial charge in [-0.05, 0) is 56.4 Å². The molecule has 13 heteroatoms. The number of aryl methyl sites for hydroxylation is 1. The number of unbranched alkanes of at least 4 members (excludes halogenated alkanes) is 2. The van der Waals surface area contributed by atoms with E-state index in [1.54, 1.807) is 12.1 Å². The van der Waals surface area contributed by atoms with Gasteiger partial charge in [0.15, 0.2) is 0 Å². The van der Waals surface area contributed by atoms with Crippen LogP contribution in [-0.4, -0.2) is 79.8 Å². The SMILES string of the molecule is C=O.CC.CC.CNC(=O)C(CCC=O)N(C)C=O.Cc1cc(OCCCCCOc2ccc([N+](=O)[O-])cn2)ccc1C=O. The van der Waals surface area contributed by atoms with Crippen molar-refractivity contribution in [3.8, 4) is 11.6 Å². The molecule has 13 nitrogen and oxygen atoms in total. The lowest BCUT2D eigenvalue weighted by atomic mass is 10.1. The molecule has 0 fully saturated rings. The number of benzene rings is 1. The van der Waals surface area contributed by atoms with E-state index in [1.165, 1.54) is 37.3 Å². The van der Waals surface area contributed by atoms with Crippen molar-refractivity contribution in [1.82, 2.24) is 15.2 Å². The topological polar surface area (TPSA) is 175 Å². The minimum atomic E-state index is -0.548. The second-order valence-corrected chi connectivity index (χ2v) is 8.15. The maximum absolute atomic E-state index is 11.2. The number of hydrogen-bond donors (Lipinski definition) is 1. The number of rotatable bonds is 16. The van der Waals surface area contributed by atoms with Gasteiger partial charge in [0.1, 0.15) is 37.3 Å². The molecule has 1 aromatic heterocycles. The van der Waals surface area contributed by atoms with Gasteiger partial charge in [0.2, 0.25) is 18.2 Å². The molecule has 1 unspecified atom stereocenters. The number of nitrogens with one attached hydrogen (secondary N) is 1. The van der Waals surface area contributed by atoms with E-state index in [0.717, 1.165) is 43.1 Å². The number of carbonyl (C=O) groups excluding carboxylic acids is 5. The van der Waals surface area contributed by atoms with E-state index in [9.17, 15) is 29.3 Å². The third-order valence-corrected chi connectivity index (χ3v) is 5.37. The Morgan fingerprint density at radius 2 is 1.66 bits per heavy atom. The molecule has 1 aromatic carbocycles. The lowest BCUT2D eigenvalue weighted by Gasteiger charge is -2.21. The molecule has 2 aromatic rings. The number of hydrogen-bond acceptors (Lipinski definition) is 10. The van der Waals surface area contributed by atoms with Gasteiger partial charge in [0, 0.05) is 38.2 Å². The highest BCUT2D eigenvalue weighted by Crippen LogP contribution is 2.17. The summed E-state index contributed by atoms with van der Waals surface area (Å²) in [6.45, 7) is 13.0. The summed E-state index contributed by atoms with van der Waals surface area (Å²) in [7, 11) is 3.01. The van der Waals surface area contributed by atoms with Crippen molar-refractivity contribution in [2.24, 2.45) is 0 Å². The number of aromatic nitrogens is 1. The summed E-state index contributed by atoms with van der Waals surface area (Å²) >= 11 is 0. The van der Waals surface area contributed by atoms with Crippen molar-refractivity contribution in [2.75, 3.05) is 27.3 Å².